The molecular weight excluding hydrogens is 190 g/mol. The molecule has 0 spiro atoms. The highest BCUT2D eigenvalue weighted by Crippen LogP contribution is 2.17. The van der Waals surface area contributed by atoms with Crippen LogP contribution in [0.15, 0.2) is 24.3 Å². The first kappa shape index (κ1) is 9.55. The smallest absolute Gasteiger partial charge is 0.306 e. The summed E-state index contributed by atoms with van der Waals surface area (Å²) in [4.78, 5) is 0. The van der Waals surface area contributed by atoms with E-state index in [1.54, 1.807) is 12.1 Å². The van der Waals surface area contributed by atoms with Crippen LogP contribution >= 0.6 is 0 Å². The van der Waals surface area contributed by atoms with Gasteiger partial charge in [0.1, 0.15) is 6.07 Å². The van der Waals surface area contributed by atoms with E-state index in [0.717, 1.165) is 6.26 Å². The Morgan fingerprint density at radius 2 is 2.00 bits per heavy atom. The first-order valence-corrected chi connectivity index (χ1v) is 5.23. The van der Waals surface area contributed by atoms with Gasteiger partial charge in [-0.15, -0.1) is 0 Å². The number of nitriles is 1. The quantitative estimate of drug-likeness (QED) is 0.660. The lowest BCUT2D eigenvalue weighted by molar-refractivity contribution is 0.492. The van der Waals surface area contributed by atoms with Crippen LogP contribution in [0.3, 0.4) is 0 Å². The molecule has 0 unspecified atom stereocenters. The van der Waals surface area contributed by atoms with Crippen LogP contribution in [-0.2, 0) is 10.1 Å². The van der Waals surface area contributed by atoms with E-state index >= 15 is 0 Å². The molecule has 0 bridgehead atoms. The van der Waals surface area contributed by atoms with Crippen LogP contribution in [0.4, 0.5) is 0 Å². The third kappa shape index (κ3) is 2.76. The Kier molecular flexibility index (Phi) is 2.54. The van der Waals surface area contributed by atoms with Crippen molar-refractivity contribution in [3.05, 3.63) is 29.8 Å². The Morgan fingerprint density at radius 1 is 1.38 bits per heavy atom. The Bertz CT molecular complexity index is 445. The molecule has 0 aliphatic heterocycles. The molecule has 1 aromatic rings. The molecule has 0 N–H and O–H groups in total. The van der Waals surface area contributed by atoms with Gasteiger partial charge in [0.15, 0.2) is 5.75 Å². The van der Waals surface area contributed by atoms with Gasteiger partial charge in [-0.05, 0) is 12.1 Å². The van der Waals surface area contributed by atoms with E-state index < -0.39 is 10.1 Å². The minimum Gasteiger partial charge on any atom is -0.381 e. The van der Waals surface area contributed by atoms with Crippen LogP contribution in [0.25, 0.3) is 0 Å². The largest absolute Gasteiger partial charge is 0.381 e. The zero-order valence-electron chi connectivity index (χ0n) is 6.89. The van der Waals surface area contributed by atoms with Gasteiger partial charge in [0, 0.05) is 0 Å². The van der Waals surface area contributed by atoms with Crippen molar-refractivity contribution in [2.75, 3.05) is 6.26 Å². The number of hydrogen-bond donors (Lipinski definition) is 0. The summed E-state index contributed by atoms with van der Waals surface area (Å²) >= 11 is 0. The summed E-state index contributed by atoms with van der Waals surface area (Å²) in [5.74, 6) is 0.0625. The first-order chi connectivity index (χ1) is 6.03. The van der Waals surface area contributed by atoms with Crippen molar-refractivity contribution < 1.29 is 12.6 Å². The molecule has 0 aliphatic rings. The molecule has 0 saturated heterocycles. The fourth-order valence-corrected chi connectivity index (χ4v) is 1.27. The summed E-state index contributed by atoms with van der Waals surface area (Å²) in [5, 5.41) is 8.59. The van der Waals surface area contributed by atoms with Gasteiger partial charge in [0.2, 0.25) is 0 Å². The summed E-state index contributed by atoms with van der Waals surface area (Å²) < 4.78 is 26.0. The third-order valence-electron chi connectivity index (χ3n) is 1.25. The van der Waals surface area contributed by atoms with Crippen LogP contribution in [0.2, 0.25) is 0 Å². The summed E-state index contributed by atoms with van der Waals surface area (Å²) in [6.07, 6.45) is 0.932. The number of rotatable bonds is 2. The van der Waals surface area contributed by atoms with Crippen molar-refractivity contribution in [2.24, 2.45) is 0 Å². The van der Waals surface area contributed by atoms with Crippen LogP contribution in [0.1, 0.15) is 5.56 Å². The van der Waals surface area contributed by atoms with Gasteiger partial charge >= 0.3 is 10.1 Å². The minimum atomic E-state index is -3.56. The van der Waals surface area contributed by atoms with E-state index in [9.17, 15) is 8.42 Å². The Labute approximate surface area is 76.5 Å². The highest BCUT2D eigenvalue weighted by Gasteiger charge is 2.07. The fourth-order valence-electron chi connectivity index (χ4n) is 0.795. The molecule has 0 radical (unpaired) electrons. The van der Waals surface area contributed by atoms with E-state index in [-0.39, 0.29) is 11.3 Å². The van der Waals surface area contributed by atoms with Crippen LogP contribution < -0.4 is 4.18 Å². The summed E-state index contributed by atoms with van der Waals surface area (Å²) in [5.41, 5.74) is 0.202. The zero-order valence-corrected chi connectivity index (χ0v) is 7.71. The van der Waals surface area contributed by atoms with E-state index in [2.05, 4.69) is 4.18 Å². The highest BCUT2D eigenvalue weighted by atomic mass is 32.2. The van der Waals surface area contributed by atoms with Crippen molar-refractivity contribution in [1.82, 2.24) is 0 Å². The van der Waals surface area contributed by atoms with E-state index in [1.807, 2.05) is 6.07 Å². The summed E-state index contributed by atoms with van der Waals surface area (Å²) in [7, 11) is -3.56. The molecule has 5 heteroatoms. The number of hydrogen-bond acceptors (Lipinski definition) is 4. The minimum absolute atomic E-state index is 0.0625. The van der Waals surface area contributed by atoms with Gasteiger partial charge in [0.05, 0.1) is 11.8 Å². The van der Waals surface area contributed by atoms with Crippen molar-refractivity contribution in [2.45, 2.75) is 0 Å². The Morgan fingerprint density at radius 3 is 2.54 bits per heavy atom. The van der Waals surface area contributed by atoms with Gasteiger partial charge in [-0.1, -0.05) is 12.1 Å². The molecule has 0 fully saturated rings. The van der Waals surface area contributed by atoms with Crippen molar-refractivity contribution in [3.63, 3.8) is 0 Å². The number of para-hydroxylation sites is 1. The maximum absolute atomic E-state index is 10.7. The summed E-state index contributed by atoms with van der Waals surface area (Å²) in [6.45, 7) is 0. The second-order valence-corrected chi connectivity index (χ2v) is 3.97. The molecule has 1 aromatic carbocycles. The molecule has 13 heavy (non-hydrogen) atoms. The average molecular weight is 197 g/mol. The molecule has 0 aliphatic carbocycles. The maximum Gasteiger partial charge on any atom is 0.306 e. The zero-order chi connectivity index (χ0) is 9.90. The summed E-state index contributed by atoms with van der Waals surface area (Å²) in [6, 6.07) is 7.98. The molecular formula is C8H7NO3S. The molecule has 0 amide bonds. The Balaban J connectivity index is 3.10. The lowest BCUT2D eigenvalue weighted by Crippen LogP contribution is -2.06. The van der Waals surface area contributed by atoms with E-state index in [1.165, 1.54) is 12.1 Å². The van der Waals surface area contributed by atoms with Crippen molar-refractivity contribution in [3.8, 4) is 11.8 Å². The standard InChI is InChI=1S/C8H7NO3S/c1-13(10,11)12-8-5-3-2-4-7(8)6-9/h2-5H,1H3. The molecule has 68 valence electrons. The van der Waals surface area contributed by atoms with Crippen molar-refractivity contribution >= 4 is 10.1 Å². The average Bonchev–Trinajstić information content (AvgIpc) is 2.02. The number of nitrogens with zero attached hydrogens (tertiary/aromatic N) is 1. The fraction of sp³-hybridized carbons (Fsp3) is 0.125. The Hall–Kier alpha value is -1.54. The predicted octanol–water partition coefficient (Wildman–Crippen LogP) is 0.897. The number of benzene rings is 1. The van der Waals surface area contributed by atoms with Gasteiger partial charge < -0.3 is 4.18 Å². The highest BCUT2D eigenvalue weighted by molar-refractivity contribution is 7.86. The van der Waals surface area contributed by atoms with Gasteiger partial charge in [-0.25, -0.2) is 0 Å². The molecule has 1 rings (SSSR count). The second-order valence-electron chi connectivity index (χ2n) is 2.40. The van der Waals surface area contributed by atoms with Gasteiger partial charge in [-0.2, -0.15) is 13.7 Å². The lowest BCUT2D eigenvalue weighted by Gasteiger charge is -2.02. The molecule has 0 saturated carbocycles. The molecule has 0 aromatic heterocycles. The van der Waals surface area contributed by atoms with Crippen LogP contribution in [0, 0.1) is 11.3 Å². The molecule has 0 atom stereocenters. The van der Waals surface area contributed by atoms with E-state index in [0.29, 0.717) is 0 Å². The second kappa shape index (κ2) is 3.46. The normalized spacial score (nSPS) is 10.5. The maximum atomic E-state index is 10.7. The topological polar surface area (TPSA) is 67.2 Å². The van der Waals surface area contributed by atoms with Gasteiger partial charge in [-0.3, -0.25) is 0 Å². The monoisotopic (exact) mass is 197 g/mol. The van der Waals surface area contributed by atoms with Crippen LogP contribution in [-0.4, -0.2) is 14.7 Å². The van der Waals surface area contributed by atoms with Gasteiger partial charge in [0.25, 0.3) is 0 Å². The SMILES string of the molecule is CS(=O)(=O)Oc1ccccc1C#N. The predicted molar refractivity (Wildman–Crippen MR) is 46.6 cm³/mol. The third-order valence-corrected chi connectivity index (χ3v) is 1.73. The van der Waals surface area contributed by atoms with Crippen molar-refractivity contribution in [1.29, 1.82) is 5.26 Å². The van der Waals surface area contributed by atoms with Crippen LogP contribution in [0.5, 0.6) is 5.75 Å². The van der Waals surface area contributed by atoms with E-state index in [4.69, 9.17) is 5.26 Å². The molecule has 4 nitrogen and oxygen atoms in total. The lowest BCUT2D eigenvalue weighted by atomic mass is 10.2. The molecule has 0 heterocycles. The first-order valence-electron chi connectivity index (χ1n) is 3.41.